The molecule has 0 saturated carbocycles. The molecule has 0 radical (unpaired) electrons. The van der Waals surface area contributed by atoms with Crippen molar-refractivity contribution < 1.29 is 4.74 Å². The standard InChI is InChI=1S/C16H17N3O/c1-20-16-8-12(6-7-13(16)9-17)11-19-15-5-3-2-4-14(15)10-18-19/h2-8,10H,9,11,17H2,1H3. The smallest absolute Gasteiger partial charge is 0.123 e. The number of nitrogens with zero attached hydrogens (tertiary/aromatic N) is 2. The highest BCUT2D eigenvalue weighted by Gasteiger charge is 2.06. The summed E-state index contributed by atoms with van der Waals surface area (Å²) in [5.74, 6) is 0.835. The first kappa shape index (κ1) is 12.7. The Morgan fingerprint density at radius 2 is 2.05 bits per heavy atom. The maximum absolute atomic E-state index is 5.69. The van der Waals surface area contributed by atoms with Crippen LogP contribution in [0.3, 0.4) is 0 Å². The van der Waals surface area contributed by atoms with E-state index >= 15 is 0 Å². The fraction of sp³-hybridized carbons (Fsp3) is 0.188. The molecule has 102 valence electrons. The Labute approximate surface area is 117 Å². The van der Waals surface area contributed by atoms with Gasteiger partial charge in [-0.25, -0.2) is 0 Å². The Bertz CT molecular complexity index is 733. The zero-order valence-corrected chi connectivity index (χ0v) is 11.4. The molecule has 0 atom stereocenters. The molecule has 20 heavy (non-hydrogen) atoms. The number of aromatic nitrogens is 2. The first-order valence-corrected chi connectivity index (χ1v) is 6.58. The summed E-state index contributed by atoms with van der Waals surface area (Å²) in [5, 5.41) is 5.59. The average Bonchev–Trinajstić information content (AvgIpc) is 2.90. The monoisotopic (exact) mass is 267 g/mol. The van der Waals surface area contributed by atoms with Crippen LogP contribution in [0, 0.1) is 0 Å². The Morgan fingerprint density at radius 3 is 2.85 bits per heavy atom. The predicted octanol–water partition coefficient (Wildman–Crippen LogP) is 2.55. The van der Waals surface area contributed by atoms with Crippen molar-refractivity contribution in [3.63, 3.8) is 0 Å². The van der Waals surface area contributed by atoms with Crippen LogP contribution in [0.5, 0.6) is 5.75 Å². The van der Waals surface area contributed by atoms with E-state index in [0.29, 0.717) is 13.1 Å². The molecule has 4 nitrogen and oxygen atoms in total. The van der Waals surface area contributed by atoms with Gasteiger partial charge in [0.05, 0.1) is 25.4 Å². The molecule has 0 aliphatic carbocycles. The van der Waals surface area contributed by atoms with Crippen LogP contribution in [0.25, 0.3) is 10.9 Å². The van der Waals surface area contributed by atoms with Crippen molar-refractivity contribution in [1.82, 2.24) is 9.78 Å². The number of hydrogen-bond donors (Lipinski definition) is 1. The molecule has 1 heterocycles. The summed E-state index contributed by atoms with van der Waals surface area (Å²) >= 11 is 0. The van der Waals surface area contributed by atoms with Gasteiger partial charge >= 0.3 is 0 Å². The molecular formula is C16H17N3O. The van der Waals surface area contributed by atoms with Crippen molar-refractivity contribution in [2.75, 3.05) is 7.11 Å². The minimum absolute atomic E-state index is 0.480. The molecule has 0 fully saturated rings. The van der Waals surface area contributed by atoms with Crippen molar-refractivity contribution in [3.05, 3.63) is 59.8 Å². The Morgan fingerprint density at radius 1 is 1.20 bits per heavy atom. The van der Waals surface area contributed by atoms with Crippen molar-refractivity contribution in [2.45, 2.75) is 13.1 Å². The quantitative estimate of drug-likeness (QED) is 0.790. The molecule has 0 spiro atoms. The molecular weight excluding hydrogens is 250 g/mol. The van der Waals surface area contributed by atoms with E-state index < -0.39 is 0 Å². The second kappa shape index (κ2) is 5.35. The molecule has 3 rings (SSSR count). The number of benzene rings is 2. The van der Waals surface area contributed by atoms with Crippen molar-refractivity contribution in [2.24, 2.45) is 5.73 Å². The van der Waals surface area contributed by atoms with E-state index in [9.17, 15) is 0 Å². The lowest BCUT2D eigenvalue weighted by Gasteiger charge is -2.10. The minimum Gasteiger partial charge on any atom is -0.496 e. The van der Waals surface area contributed by atoms with E-state index in [4.69, 9.17) is 10.5 Å². The van der Waals surface area contributed by atoms with Gasteiger partial charge in [-0.15, -0.1) is 0 Å². The summed E-state index contributed by atoms with van der Waals surface area (Å²) < 4.78 is 7.37. The van der Waals surface area contributed by atoms with Crippen LogP contribution in [0.1, 0.15) is 11.1 Å². The van der Waals surface area contributed by atoms with Gasteiger partial charge in [-0.2, -0.15) is 5.10 Å². The van der Waals surface area contributed by atoms with Gasteiger partial charge in [0.2, 0.25) is 0 Å². The summed E-state index contributed by atoms with van der Waals surface area (Å²) in [5.41, 5.74) is 8.98. The highest BCUT2D eigenvalue weighted by molar-refractivity contribution is 5.78. The van der Waals surface area contributed by atoms with Crippen LogP contribution in [-0.4, -0.2) is 16.9 Å². The summed E-state index contributed by atoms with van der Waals surface area (Å²) in [6.45, 7) is 1.20. The molecule has 2 N–H and O–H groups in total. The van der Waals surface area contributed by atoms with Crippen LogP contribution in [-0.2, 0) is 13.1 Å². The Balaban J connectivity index is 1.95. The van der Waals surface area contributed by atoms with Crippen molar-refractivity contribution in [3.8, 4) is 5.75 Å². The summed E-state index contributed by atoms with van der Waals surface area (Å²) in [7, 11) is 1.67. The van der Waals surface area contributed by atoms with Crippen molar-refractivity contribution >= 4 is 10.9 Å². The SMILES string of the molecule is COc1cc(Cn2ncc3ccccc32)ccc1CN. The van der Waals surface area contributed by atoms with Crippen LogP contribution < -0.4 is 10.5 Å². The maximum atomic E-state index is 5.69. The highest BCUT2D eigenvalue weighted by atomic mass is 16.5. The van der Waals surface area contributed by atoms with E-state index in [0.717, 1.165) is 27.8 Å². The fourth-order valence-corrected chi connectivity index (χ4v) is 2.38. The number of rotatable bonds is 4. The largest absolute Gasteiger partial charge is 0.496 e. The topological polar surface area (TPSA) is 53.1 Å². The van der Waals surface area contributed by atoms with E-state index in [1.165, 1.54) is 0 Å². The zero-order valence-electron chi connectivity index (χ0n) is 11.4. The van der Waals surface area contributed by atoms with E-state index in [1.54, 1.807) is 7.11 Å². The van der Waals surface area contributed by atoms with Gasteiger partial charge in [0, 0.05) is 17.5 Å². The number of ether oxygens (including phenoxy) is 1. The number of para-hydroxylation sites is 1. The molecule has 0 amide bonds. The Hall–Kier alpha value is -2.33. The molecule has 3 aromatic rings. The molecule has 0 aliphatic heterocycles. The summed E-state index contributed by atoms with van der Waals surface area (Å²) in [6.07, 6.45) is 1.89. The highest BCUT2D eigenvalue weighted by Crippen LogP contribution is 2.21. The first-order valence-electron chi connectivity index (χ1n) is 6.58. The van der Waals surface area contributed by atoms with Gasteiger partial charge in [-0.05, 0) is 17.7 Å². The molecule has 0 bridgehead atoms. The molecule has 4 heteroatoms. The van der Waals surface area contributed by atoms with Gasteiger partial charge < -0.3 is 10.5 Å². The summed E-state index contributed by atoms with van der Waals surface area (Å²) in [4.78, 5) is 0. The third kappa shape index (κ3) is 2.26. The van der Waals surface area contributed by atoms with E-state index in [2.05, 4.69) is 23.3 Å². The van der Waals surface area contributed by atoms with Gasteiger partial charge in [-0.3, -0.25) is 4.68 Å². The molecule has 0 unspecified atom stereocenters. The van der Waals surface area contributed by atoms with E-state index in [-0.39, 0.29) is 0 Å². The number of hydrogen-bond acceptors (Lipinski definition) is 3. The summed E-state index contributed by atoms with van der Waals surface area (Å²) in [6, 6.07) is 14.3. The van der Waals surface area contributed by atoms with E-state index in [1.807, 2.05) is 35.1 Å². The second-order valence-electron chi connectivity index (χ2n) is 4.71. The number of fused-ring (bicyclic) bond motifs is 1. The van der Waals surface area contributed by atoms with Crippen LogP contribution in [0.2, 0.25) is 0 Å². The average molecular weight is 267 g/mol. The fourth-order valence-electron chi connectivity index (χ4n) is 2.38. The van der Waals surface area contributed by atoms with Crippen molar-refractivity contribution in [1.29, 1.82) is 0 Å². The molecule has 0 saturated heterocycles. The third-order valence-corrected chi connectivity index (χ3v) is 3.45. The van der Waals surface area contributed by atoms with Gasteiger partial charge in [0.1, 0.15) is 5.75 Å². The number of nitrogens with two attached hydrogens (primary N) is 1. The number of methoxy groups -OCH3 is 1. The maximum Gasteiger partial charge on any atom is 0.123 e. The second-order valence-corrected chi connectivity index (χ2v) is 4.71. The lowest BCUT2D eigenvalue weighted by atomic mass is 10.1. The van der Waals surface area contributed by atoms with Crippen LogP contribution >= 0.6 is 0 Å². The van der Waals surface area contributed by atoms with Gasteiger partial charge in [0.25, 0.3) is 0 Å². The lowest BCUT2D eigenvalue weighted by molar-refractivity contribution is 0.409. The van der Waals surface area contributed by atoms with Crippen LogP contribution in [0.4, 0.5) is 0 Å². The normalized spacial score (nSPS) is 10.9. The molecule has 1 aromatic heterocycles. The van der Waals surface area contributed by atoms with Crippen LogP contribution in [0.15, 0.2) is 48.7 Å². The predicted molar refractivity (Wildman–Crippen MR) is 79.7 cm³/mol. The van der Waals surface area contributed by atoms with Gasteiger partial charge in [0.15, 0.2) is 0 Å². The minimum atomic E-state index is 0.480. The molecule has 2 aromatic carbocycles. The van der Waals surface area contributed by atoms with Gasteiger partial charge in [-0.1, -0.05) is 30.3 Å². The lowest BCUT2D eigenvalue weighted by Crippen LogP contribution is -2.04. The third-order valence-electron chi connectivity index (χ3n) is 3.45. The Kier molecular flexibility index (Phi) is 3.39. The zero-order chi connectivity index (χ0) is 13.9. The molecule has 0 aliphatic rings. The first-order chi connectivity index (χ1) is 9.81.